The molecule has 0 aliphatic carbocycles. The van der Waals surface area contributed by atoms with Crippen LogP contribution in [0.4, 0.5) is 0 Å². The minimum absolute atomic E-state index is 0.262. The highest BCUT2D eigenvalue weighted by atomic mass is 79.9. The number of rotatable bonds is 5. The van der Waals surface area contributed by atoms with Gasteiger partial charge in [0.05, 0.1) is 6.54 Å². The van der Waals surface area contributed by atoms with Crippen molar-refractivity contribution >= 4 is 37.8 Å². The van der Waals surface area contributed by atoms with Gasteiger partial charge in [-0.15, -0.1) is 0 Å². The monoisotopic (exact) mass is 499 g/mol. The molecule has 2 heterocycles. The molecular weight excluding hydrogens is 486 g/mol. The number of amides is 1. The molecule has 28 heavy (non-hydrogen) atoms. The standard InChI is InChI=1S/C22H15Br2NO3/c23-16-5-1-14(2-6-16)19-10-9-18(27-19)13-25-22(26)21-12-11-20(28-21)15-3-7-17(24)8-4-15/h1-12H,13H2,(H,25,26). The zero-order chi connectivity index (χ0) is 19.5. The molecule has 0 aliphatic rings. The molecule has 0 unspecified atom stereocenters. The van der Waals surface area contributed by atoms with E-state index in [1.807, 2.05) is 60.7 Å². The van der Waals surface area contributed by atoms with Crippen molar-refractivity contribution in [3.8, 4) is 22.6 Å². The summed E-state index contributed by atoms with van der Waals surface area (Å²) in [6, 6.07) is 22.8. The minimum Gasteiger partial charge on any atom is -0.459 e. The first-order valence-corrected chi connectivity index (χ1v) is 10.2. The number of hydrogen-bond donors (Lipinski definition) is 1. The summed E-state index contributed by atoms with van der Waals surface area (Å²) < 4.78 is 13.5. The fourth-order valence-corrected chi connectivity index (χ4v) is 3.25. The lowest BCUT2D eigenvalue weighted by atomic mass is 10.2. The molecule has 1 amide bonds. The second-order valence-corrected chi connectivity index (χ2v) is 7.96. The van der Waals surface area contributed by atoms with Crippen molar-refractivity contribution in [3.63, 3.8) is 0 Å². The zero-order valence-electron chi connectivity index (χ0n) is 14.6. The van der Waals surface area contributed by atoms with E-state index in [1.165, 1.54) is 0 Å². The van der Waals surface area contributed by atoms with Gasteiger partial charge in [-0.3, -0.25) is 4.79 Å². The van der Waals surface area contributed by atoms with E-state index in [4.69, 9.17) is 8.83 Å². The molecule has 0 saturated carbocycles. The maximum atomic E-state index is 12.4. The van der Waals surface area contributed by atoms with Crippen LogP contribution >= 0.6 is 31.9 Å². The number of hydrogen-bond acceptors (Lipinski definition) is 3. The van der Waals surface area contributed by atoms with Crippen molar-refractivity contribution < 1.29 is 13.6 Å². The quantitative estimate of drug-likeness (QED) is 0.333. The van der Waals surface area contributed by atoms with E-state index >= 15 is 0 Å². The van der Waals surface area contributed by atoms with E-state index in [2.05, 4.69) is 37.2 Å². The summed E-state index contributed by atoms with van der Waals surface area (Å²) in [5.41, 5.74) is 1.89. The molecule has 0 spiro atoms. The van der Waals surface area contributed by atoms with Crippen molar-refractivity contribution in [2.45, 2.75) is 6.54 Å². The van der Waals surface area contributed by atoms with E-state index in [-0.39, 0.29) is 18.2 Å². The lowest BCUT2D eigenvalue weighted by Crippen LogP contribution is -2.21. The van der Waals surface area contributed by atoms with Crippen LogP contribution < -0.4 is 5.32 Å². The molecule has 0 aliphatic heterocycles. The van der Waals surface area contributed by atoms with Crippen LogP contribution in [-0.2, 0) is 6.54 Å². The summed E-state index contributed by atoms with van der Waals surface area (Å²) >= 11 is 6.82. The highest BCUT2D eigenvalue weighted by Crippen LogP contribution is 2.25. The molecule has 2 aromatic heterocycles. The fraction of sp³-hybridized carbons (Fsp3) is 0.0455. The van der Waals surface area contributed by atoms with Crippen molar-refractivity contribution in [1.82, 2.24) is 5.32 Å². The van der Waals surface area contributed by atoms with Gasteiger partial charge in [-0.05, 0) is 48.5 Å². The second kappa shape index (κ2) is 8.20. The zero-order valence-corrected chi connectivity index (χ0v) is 17.8. The summed E-state index contributed by atoms with van der Waals surface area (Å²) in [6.45, 7) is 0.281. The van der Waals surface area contributed by atoms with Crippen LogP contribution in [0.3, 0.4) is 0 Å². The number of halogens is 2. The van der Waals surface area contributed by atoms with Crippen LogP contribution in [0.15, 0.2) is 90.6 Å². The van der Waals surface area contributed by atoms with Gasteiger partial charge in [-0.25, -0.2) is 0 Å². The first kappa shape index (κ1) is 18.8. The lowest BCUT2D eigenvalue weighted by molar-refractivity contribution is 0.0921. The van der Waals surface area contributed by atoms with Crippen LogP contribution in [0.2, 0.25) is 0 Å². The fourth-order valence-electron chi connectivity index (χ4n) is 2.73. The molecule has 0 fully saturated rings. The summed E-state index contributed by atoms with van der Waals surface area (Å²) in [4.78, 5) is 12.4. The summed E-state index contributed by atoms with van der Waals surface area (Å²) in [5.74, 6) is 2.05. The Kier molecular flexibility index (Phi) is 5.50. The normalized spacial score (nSPS) is 10.8. The number of nitrogens with one attached hydrogen (secondary N) is 1. The van der Waals surface area contributed by atoms with Crippen molar-refractivity contribution in [2.75, 3.05) is 0 Å². The minimum atomic E-state index is -0.287. The van der Waals surface area contributed by atoms with E-state index in [9.17, 15) is 4.79 Å². The highest BCUT2D eigenvalue weighted by Gasteiger charge is 2.13. The topological polar surface area (TPSA) is 55.4 Å². The van der Waals surface area contributed by atoms with Crippen LogP contribution in [0, 0.1) is 0 Å². The van der Waals surface area contributed by atoms with Crippen molar-refractivity contribution in [1.29, 1.82) is 0 Å². The Labute approximate surface area is 178 Å². The Hall–Kier alpha value is -2.57. The van der Waals surface area contributed by atoms with Gasteiger partial charge in [0.15, 0.2) is 5.76 Å². The SMILES string of the molecule is O=C(NCc1ccc(-c2ccc(Br)cc2)o1)c1ccc(-c2ccc(Br)cc2)o1. The molecule has 0 bridgehead atoms. The lowest BCUT2D eigenvalue weighted by Gasteiger charge is -2.02. The third kappa shape index (κ3) is 4.29. The van der Waals surface area contributed by atoms with Crippen LogP contribution in [0.1, 0.15) is 16.3 Å². The third-order valence-electron chi connectivity index (χ3n) is 4.17. The Balaban J connectivity index is 1.40. The summed E-state index contributed by atoms with van der Waals surface area (Å²) in [5, 5.41) is 2.82. The van der Waals surface area contributed by atoms with E-state index in [1.54, 1.807) is 12.1 Å². The van der Waals surface area contributed by atoms with Crippen LogP contribution in [0.5, 0.6) is 0 Å². The first-order chi connectivity index (χ1) is 13.6. The first-order valence-electron chi connectivity index (χ1n) is 8.57. The molecule has 0 radical (unpaired) electrons. The second-order valence-electron chi connectivity index (χ2n) is 6.13. The highest BCUT2D eigenvalue weighted by molar-refractivity contribution is 9.10. The molecule has 4 aromatic rings. The maximum Gasteiger partial charge on any atom is 0.287 e. The maximum absolute atomic E-state index is 12.4. The predicted octanol–water partition coefficient (Wildman–Crippen LogP) is 6.66. The number of carbonyl (C=O) groups excluding carboxylic acids is 1. The van der Waals surface area contributed by atoms with E-state index in [0.717, 1.165) is 25.8 Å². The van der Waals surface area contributed by atoms with Gasteiger partial charge in [0.2, 0.25) is 0 Å². The van der Waals surface area contributed by atoms with Crippen molar-refractivity contribution in [3.05, 3.63) is 93.3 Å². The molecule has 140 valence electrons. The van der Waals surface area contributed by atoms with Gasteiger partial charge in [0.1, 0.15) is 17.3 Å². The summed E-state index contributed by atoms with van der Waals surface area (Å²) in [7, 11) is 0. The van der Waals surface area contributed by atoms with Gasteiger partial charge in [-0.1, -0.05) is 56.1 Å². The third-order valence-corrected chi connectivity index (χ3v) is 5.23. The number of carbonyl (C=O) groups is 1. The van der Waals surface area contributed by atoms with Gasteiger partial charge < -0.3 is 14.2 Å². The predicted molar refractivity (Wildman–Crippen MR) is 115 cm³/mol. The molecule has 6 heteroatoms. The average Bonchev–Trinajstić information content (AvgIpc) is 3.37. The van der Waals surface area contributed by atoms with Gasteiger partial charge in [0.25, 0.3) is 5.91 Å². The summed E-state index contributed by atoms with van der Waals surface area (Å²) in [6.07, 6.45) is 0. The Bertz CT molecular complexity index is 1100. The van der Waals surface area contributed by atoms with Gasteiger partial charge in [-0.2, -0.15) is 0 Å². The Morgan fingerprint density at radius 1 is 0.714 bits per heavy atom. The number of benzene rings is 2. The average molecular weight is 501 g/mol. The molecule has 2 aromatic carbocycles. The molecular formula is C22H15Br2NO3. The molecule has 0 atom stereocenters. The largest absolute Gasteiger partial charge is 0.459 e. The molecule has 4 nitrogen and oxygen atoms in total. The smallest absolute Gasteiger partial charge is 0.287 e. The van der Waals surface area contributed by atoms with Gasteiger partial charge in [0, 0.05) is 20.1 Å². The van der Waals surface area contributed by atoms with Crippen molar-refractivity contribution in [2.24, 2.45) is 0 Å². The molecule has 1 N–H and O–H groups in total. The molecule has 4 rings (SSSR count). The van der Waals surface area contributed by atoms with E-state index in [0.29, 0.717) is 11.5 Å². The van der Waals surface area contributed by atoms with Crippen LogP contribution in [-0.4, -0.2) is 5.91 Å². The number of furan rings is 2. The Morgan fingerprint density at radius 3 is 1.86 bits per heavy atom. The van der Waals surface area contributed by atoms with E-state index < -0.39 is 0 Å². The molecule has 0 saturated heterocycles. The van der Waals surface area contributed by atoms with Crippen LogP contribution in [0.25, 0.3) is 22.6 Å². The Morgan fingerprint density at radius 2 is 1.25 bits per heavy atom. The van der Waals surface area contributed by atoms with Gasteiger partial charge >= 0.3 is 0 Å².